The van der Waals surface area contributed by atoms with E-state index in [1.807, 2.05) is 0 Å². The minimum atomic E-state index is -0.875. The van der Waals surface area contributed by atoms with E-state index >= 15 is 0 Å². The number of fused-ring (bicyclic) bond motifs is 3. The summed E-state index contributed by atoms with van der Waals surface area (Å²) in [6.07, 6.45) is 1.96. The van der Waals surface area contributed by atoms with Crippen LogP contribution >= 0.6 is 0 Å². The average Bonchev–Trinajstić information content (AvgIpc) is 2.99. The van der Waals surface area contributed by atoms with E-state index in [4.69, 9.17) is 0 Å². The van der Waals surface area contributed by atoms with Gasteiger partial charge in [-0.05, 0) is 65.8 Å². The number of halogens is 2. The fraction of sp³-hybridized carbons (Fsp3) is 0.381. The van der Waals surface area contributed by atoms with Gasteiger partial charge in [0.15, 0.2) is 11.6 Å². The molecule has 3 aliphatic heterocycles. The molecule has 2 atom stereocenters. The molecule has 0 radical (unpaired) electrons. The lowest BCUT2D eigenvalue weighted by Gasteiger charge is -2.39. The van der Waals surface area contributed by atoms with Crippen molar-refractivity contribution < 1.29 is 18.7 Å². The Morgan fingerprint density at radius 1 is 1.07 bits per heavy atom. The number of carbonyl (C=O) groups is 1. The number of hydrogen-bond acceptors (Lipinski definition) is 2. The number of amides is 1. The van der Waals surface area contributed by atoms with Crippen molar-refractivity contribution >= 4 is 11.8 Å². The summed E-state index contributed by atoms with van der Waals surface area (Å²) in [6, 6.07) is 8.47. The van der Waals surface area contributed by atoms with Gasteiger partial charge in [0, 0.05) is 37.3 Å². The molecule has 4 nitrogen and oxygen atoms in total. The van der Waals surface area contributed by atoms with Crippen LogP contribution in [0.2, 0.25) is 0 Å². The smallest absolute Gasteiger partial charge is 0.407 e. The summed E-state index contributed by atoms with van der Waals surface area (Å²) in [5.41, 5.74) is 5.16. The molecule has 27 heavy (non-hydrogen) atoms. The molecule has 1 amide bonds. The van der Waals surface area contributed by atoms with E-state index in [0.717, 1.165) is 43.0 Å². The summed E-state index contributed by atoms with van der Waals surface area (Å²) in [5.74, 6) is -1.57. The molecule has 0 aliphatic carbocycles. The van der Waals surface area contributed by atoms with Crippen molar-refractivity contribution in [3.63, 3.8) is 0 Å². The van der Waals surface area contributed by atoms with Crippen molar-refractivity contribution in [2.45, 2.75) is 31.2 Å². The first-order valence-corrected chi connectivity index (χ1v) is 9.39. The SMILES string of the molecule is O=C(O)N1CC[C@H]2[C@@H](C1)c1cc(-c3ccc(F)c(F)c3)cc3c1N2CCC3. The fourth-order valence-corrected chi connectivity index (χ4v) is 5.06. The van der Waals surface area contributed by atoms with E-state index < -0.39 is 17.7 Å². The maximum absolute atomic E-state index is 13.7. The van der Waals surface area contributed by atoms with Crippen LogP contribution in [0.15, 0.2) is 30.3 Å². The normalized spacial score (nSPS) is 23.2. The Morgan fingerprint density at radius 3 is 2.70 bits per heavy atom. The van der Waals surface area contributed by atoms with E-state index in [-0.39, 0.29) is 5.92 Å². The van der Waals surface area contributed by atoms with E-state index in [2.05, 4.69) is 17.0 Å². The Balaban J connectivity index is 1.62. The molecular formula is C21H20F2N2O2. The molecule has 3 heterocycles. The second-order valence-electron chi connectivity index (χ2n) is 7.69. The second-order valence-corrected chi connectivity index (χ2v) is 7.69. The molecule has 6 heteroatoms. The van der Waals surface area contributed by atoms with Gasteiger partial charge in [-0.2, -0.15) is 0 Å². The molecule has 2 aromatic carbocycles. The molecule has 0 spiro atoms. The van der Waals surface area contributed by atoms with Crippen LogP contribution in [0.5, 0.6) is 0 Å². The summed E-state index contributed by atoms with van der Waals surface area (Å²) in [7, 11) is 0. The van der Waals surface area contributed by atoms with Crippen LogP contribution in [0.25, 0.3) is 11.1 Å². The van der Waals surface area contributed by atoms with Crippen molar-refractivity contribution in [2.75, 3.05) is 24.5 Å². The third kappa shape index (κ3) is 2.50. The van der Waals surface area contributed by atoms with Crippen LogP contribution in [0.3, 0.4) is 0 Å². The minimum absolute atomic E-state index is 0.131. The minimum Gasteiger partial charge on any atom is -0.465 e. The summed E-state index contributed by atoms with van der Waals surface area (Å²) in [6.45, 7) is 2.05. The van der Waals surface area contributed by atoms with Crippen LogP contribution in [0, 0.1) is 11.6 Å². The molecule has 140 valence electrons. The van der Waals surface area contributed by atoms with E-state index in [0.29, 0.717) is 24.7 Å². The lowest BCUT2D eigenvalue weighted by molar-refractivity contribution is 0.127. The quantitative estimate of drug-likeness (QED) is 0.817. The van der Waals surface area contributed by atoms with Gasteiger partial charge in [-0.25, -0.2) is 13.6 Å². The number of anilines is 1. The van der Waals surface area contributed by atoms with E-state index in [9.17, 15) is 18.7 Å². The molecular weight excluding hydrogens is 350 g/mol. The predicted octanol–water partition coefficient (Wildman–Crippen LogP) is 4.23. The van der Waals surface area contributed by atoms with Crippen molar-refractivity contribution in [3.05, 3.63) is 53.1 Å². The summed E-state index contributed by atoms with van der Waals surface area (Å²) in [5, 5.41) is 9.42. The van der Waals surface area contributed by atoms with Crippen LogP contribution in [-0.2, 0) is 6.42 Å². The summed E-state index contributed by atoms with van der Waals surface area (Å²) in [4.78, 5) is 15.4. The average molecular weight is 370 g/mol. The van der Waals surface area contributed by atoms with Gasteiger partial charge in [0.25, 0.3) is 0 Å². The first-order valence-electron chi connectivity index (χ1n) is 9.39. The predicted molar refractivity (Wildman–Crippen MR) is 98.2 cm³/mol. The molecule has 0 unspecified atom stereocenters. The Kier molecular flexibility index (Phi) is 3.64. The lowest BCUT2D eigenvalue weighted by atomic mass is 9.87. The van der Waals surface area contributed by atoms with Gasteiger partial charge in [-0.15, -0.1) is 0 Å². The zero-order chi connectivity index (χ0) is 18.7. The van der Waals surface area contributed by atoms with Crippen molar-refractivity contribution in [1.82, 2.24) is 4.90 Å². The largest absolute Gasteiger partial charge is 0.465 e. The number of benzene rings is 2. The fourth-order valence-electron chi connectivity index (χ4n) is 5.06. The number of nitrogens with zero attached hydrogens (tertiary/aromatic N) is 2. The van der Waals surface area contributed by atoms with Gasteiger partial charge in [0.1, 0.15) is 0 Å². The highest BCUT2D eigenvalue weighted by Gasteiger charge is 2.44. The molecule has 1 saturated heterocycles. The van der Waals surface area contributed by atoms with Gasteiger partial charge in [0.2, 0.25) is 0 Å². The molecule has 3 aliphatic rings. The maximum Gasteiger partial charge on any atom is 0.407 e. The summed E-state index contributed by atoms with van der Waals surface area (Å²) >= 11 is 0. The number of rotatable bonds is 1. The highest BCUT2D eigenvalue weighted by atomic mass is 19.2. The zero-order valence-corrected chi connectivity index (χ0v) is 14.8. The highest BCUT2D eigenvalue weighted by molar-refractivity contribution is 5.77. The number of piperidine rings is 1. The van der Waals surface area contributed by atoms with Crippen molar-refractivity contribution in [3.8, 4) is 11.1 Å². The number of aryl methyl sites for hydroxylation is 1. The van der Waals surface area contributed by atoms with E-state index in [1.54, 1.807) is 6.07 Å². The number of hydrogen-bond donors (Lipinski definition) is 1. The van der Waals surface area contributed by atoms with Gasteiger partial charge in [-0.1, -0.05) is 6.07 Å². The molecule has 1 N–H and O–H groups in total. The van der Waals surface area contributed by atoms with Gasteiger partial charge >= 0.3 is 6.09 Å². The monoisotopic (exact) mass is 370 g/mol. The standard InChI is InChI=1S/C21H20F2N2O2/c22-17-4-3-12(10-18(17)23)14-8-13-2-1-6-25-19-5-7-24(21(26)27)11-16(19)15(9-14)20(13)25/h3-4,8-10,16,19H,1-2,5-7,11H2,(H,26,27)/t16-,19-/m0/s1. The molecule has 0 saturated carbocycles. The van der Waals surface area contributed by atoms with Crippen molar-refractivity contribution in [1.29, 1.82) is 0 Å². The first-order chi connectivity index (χ1) is 13.0. The highest BCUT2D eigenvalue weighted by Crippen LogP contribution is 2.50. The van der Waals surface area contributed by atoms with Crippen LogP contribution in [-0.4, -0.2) is 41.8 Å². The van der Waals surface area contributed by atoms with Gasteiger partial charge in [-0.3, -0.25) is 0 Å². The zero-order valence-electron chi connectivity index (χ0n) is 14.8. The maximum atomic E-state index is 13.7. The second kappa shape index (κ2) is 5.94. The molecule has 5 rings (SSSR count). The number of likely N-dealkylation sites (tertiary alicyclic amines) is 1. The van der Waals surface area contributed by atoms with E-state index in [1.165, 1.54) is 22.2 Å². The Bertz CT molecular complexity index is 946. The topological polar surface area (TPSA) is 43.8 Å². The summed E-state index contributed by atoms with van der Waals surface area (Å²) < 4.78 is 27.1. The van der Waals surface area contributed by atoms with Crippen molar-refractivity contribution in [2.24, 2.45) is 0 Å². The third-order valence-electron chi connectivity index (χ3n) is 6.25. The van der Waals surface area contributed by atoms with Gasteiger partial charge in [0.05, 0.1) is 0 Å². The Hall–Kier alpha value is -2.63. The number of carboxylic acid groups (broad SMARTS) is 1. The molecule has 1 fully saturated rings. The van der Waals surface area contributed by atoms with Crippen LogP contribution in [0.4, 0.5) is 19.3 Å². The Morgan fingerprint density at radius 2 is 1.93 bits per heavy atom. The van der Waals surface area contributed by atoms with Gasteiger partial charge < -0.3 is 14.9 Å². The first kappa shape index (κ1) is 16.5. The van der Waals surface area contributed by atoms with Crippen LogP contribution in [0.1, 0.15) is 29.9 Å². The molecule has 0 bridgehead atoms. The molecule has 0 aromatic heterocycles. The lowest BCUT2D eigenvalue weighted by Crippen LogP contribution is -2.48. The third-order valence-corrected chi connectivity index (χ3v) is 6.25. The Labute approximate surface area is 156 Å². The van der Waals surface area contributed by atoms with Crippen LogP contribution < -0.4 is 4.90 Å². The molecule has 2 aromatic rings.